The second-order valence-electron chi connectivity index (χ2n) is 11.8. The Labute approximate surface area is 225 Å². The smallest absolute Gasteiger partial charge is 0.230 e. The van der Waals surface area contributed by atoms with Crippen molar-refractivity contribution in [2.75, 3.05) is 64.7 Å². The molecule has 2 saturated heterocycles. The molecule has 3 fully saturated rings. The number of piperidine rings is 1. The zero-order valence-electron chi connectivity index (χ0n) is 22.8. The fourth-order valence-corrected chi connectivity index (χ4v) is 7.03. The standard InChI is InChI=1S/C29H41N9/c1-35-14-16-36(17-15-35)23-8-9-25(30-20-23)33-28-31-19-22-18-24-27(37-12-6-3-7-13-37)32-21-29(10-4-2-5-11-29)38(24)26(22)34-28/h8-9,18-19,30H,2-7,10-17,20-21H2,1H3,(H,31,33,34). The predicted octanol–water partition coefficient (Wildman–Crippen LogP) is 3.32. The SMILES string of the molecule is CN1CCN(C2=CC=C(Nc3ncc4cc5n(c4n3)C3(CCCCC3)CN=C5N3CCCCC3)NC2)CC1. The summed E-state index contributed by atoms with van der Waals surface area (Å²) >= 11 is 0. The molecular weight excluding hydrogens is 474 g/mol. The molecule has 5 aliphatic rings. The van der Waals surface area contributed by atoms with Crippen LogP contribution >= 0.6 is 0 Å². The number of rotatable bonds is 3. The van der Waals surface area contributed by atoms with Crippen LogP contribution in [0.25, 0.3) is 11.0 Å². The highest BCUT2D eigenvalue weighted by Gasteiger charge is 2.41. The molecule has 2 aromatic heterocycles. The van der Waals surface area contributed by atoms with Crippen LogP contribution in [0.2, 0.25) is 0 Å². The van der Waals surface area contributed by atoms with E-state index in [4.69, 9.17) is 15.0 Å². The summed E-state index contributed by atoms with van der Waals surface area (Å²) in [5.41, 5.74) is 3.69. The van der Waals surface area contributed by atoms with Gasteiger partial charge in [0.15, 0.2) is 0 Å². The van der Waals surface area contributed by atoms with E-state index in [2.05, 4.69) is 55.2 Å². The van der Waals surface area contributed by atoms with E-state index in [9.17, 15) is 0 Å². The minimum atomic E-state index is 0.0444. The van der Waals surface area contributed by atoms with E-state index in [0.717, 1.165) is 69.2 Å². The average molecular weight is 516 g/mol. The van der Waals surface area contributed by atoms with Crippen LogP contribution in [-0.2, 0) is 5.54 Å². The maximum Gasteiger partial charge on any atom is 0.230 e. The van der Waals surface area contributed by atoms with Gasteiger partial charge in [-0.25, -0.2) is 4.98 Å². The first-order chi connectivity index (χ1) is 18.7. The third-order valence-corrected chi connectivity index (χ3v) is 9.27. The number of allylic oxidation sites excluding steroid dienone is 2. The Morgan fingerprint density at radius 1 is 0.895 bits per heavy atom. The van der Waals surface area contributed by atoms with Gasteiger partial charge in [-0.05, 0) is 57.4 Å². The Balaban J connectivity index is 1.19. The molecule has 9 nitrogen and oxygen atoms in total. The highest BCUT2D eigenvalue weighted by atomic mass is 15.3. The summed E-state index contributed by atoms with van der Waals surface area (Å²) in [5.74, 6) is 2.78. The van der Waals surface area contributed by atoms with Gasteiger partial charge in [-0.3, -0.25) is 4.99 Å². The van der Waals surface area contributed by atoms with Crippen LogP contribution in [0.3, 0.4) is 0 Å². The lowest BCUT2D eigenvalue weighted by Gasteiger charge is -2.43. The van der Waals surface area contributed by atoms with Crippen molar-refractivity contribution in [3.05, 3.63) is 41.6 Å². The Morgan fingerprint density at radius 2 is 1.68 bits per heavy atom. The summed E-state index contributed by atoms with van der Waals surface area (Å²) < 4.78 is 2.57. The largest absolute Gasteiger partial charge is 0.371 e. The lowest BCUT2D eigenvalue weighted by atomic mass is 9.80. The van der Waals surface area contributed by atoms with Gasteiger partial charge in [0.25, 0.3) is 0 Å². The highest BCUT2D eigenvalue weighted by Crippen LogP contribution is 2.42. The van der Waals surface area contributed by atoms with Crippen LogP contribution in [-0.4, -0.2) is 94.5 Å². The second kappa shape index (κ2) is 9.91. The van der Waals surface area contributed by atoms with Crippen LogP contribution in [0.4, 0.5) is 5.95 Å². The van der Waals surface area contributed by atoms with E-state index < -0.39 is 0 Å². The first-order valence-electron chi connectivity index (χ1n) is 14.7. The number of dihydropyridines is 1. The normalized spacial score (nSPS) is 24.0. The van der Waals surface area contributed by atoms with Crippen molar-refractivity contribution in [3.8, 4) is 0 Å². The Morgan fingerprint density at radius 3 is 2.45 bits per heavy atom. The number of hydrogen-bond donors (Lipinski definition) is 2. The highest BCUT2D eigenvalue weighted by molar-refractivity contribution is 6.02. The van der Waals surface area contributed by atoms with Crippen molar-refractivity contribution in [1.82, 2.24) is 34.6 Å². The number of aliphatic imine (C=N–C) groups is 1. The molecule has 0 aromatic carbocycles. The maximum absolute atomic E-state index is 5.26. The van der Waals surface area contributed by atoms with E-state index >= 15 is 0 Å². The van der Waals surface area contributed by atoms with Gasteiger partial charge in [0, 0.05) is 56.5 Å². The molecule has 2 N–H and O–H groups in total. The Bertz CT molecular complexity index is 1270. The van der Waals surface area contributed by atoms with Gasteiger partial charge in [0.1, 0.15) is 17.3 Å². The van der Waals surface area contributed by atoms with Gasteiger partial charge in [-0.1, -0.05) is 19.3 Å². The van der Waals surface area contributed by atoms with Crippen LogP contribution in [0, 0.1) is 0 Å². The molecule has 0 atom stereocenters. The molecule has 4 aliphatic heterocycles. The monoisotopic (exact) mass is 515 g/mol. The second-order valence-corrected chi connectivity index (χ2v) is 11.8. The topological polar surface area (TPSA) is 76.8 Å². The number of fused-ring (bicyclic) bond motifs is 4. The number of nitrogens with one attached hydrogen (secondary N) is 2. The quantitative estimate of drug-likeness (QED) is 0.649. The van der Waals surface area contributed by atoms with Crippen molar-refractivity contribution in [2.45, 2.75) is 56.9 Å². The third kappa shape index (κ3) is 4.34. The van der Waals surface area contributed by atoms with Crippen molar-refractivity contribution in [1.29, 1.82) is 0 Å². The Kier molecular flexibility index (Phi) is 6.26. The van der Waals surface area contributed by atoms with Gasteiger partial charge in [0.2, 0.25) is 5.95 Å². The van der Waals surface area contributed by atoms with E-state index in [-0.39, 0.29) is 5.54 Å². The van der Waals surface area contributed by atoms with Crippen molar-refractivity contribution in [2.24, 2.45) is 4.99 Å². The van der Waals surface area contributed by atoms with Gasteiger partial charge in [-0.2, -0.15) is 4.98 Å². The molecule has 1 aliphatic carbocycles. The van der Waals surface area contributed by atoms with Crippen molar-refractivity contribution >= 4 is 22.8 Å². The first kappa shape index (κ1) is 24.0. The van der Waals surface area contributed by atoms with E-state index in [1.807, 2.05) is 6.20 Å². The summed E-state index contributed by atoms with van der Waals surface area (Å²) in [7, 11) is 2.20. The number of hydrogen-bond acceptors (Lipinski definition) is 8. The van der Waals surface area contributed by atoms with E-state index in [1.54, 1.807) is 0 Å². The van der Waals surface area contributed by atoms with Gasteiger partial charge in [-0.15, -0.1) is 0 Å². The van der Waals surface area contributed by atoms with Crippen LogP contribution in [0.5, 0.6) is 0 Å². The molecule has 0 radical (unpaired) electrons. The molecular formula is C29H41N9. The molecule has 0 bridgehead atoms. The van der Waals surface area contributed by atoms with E-state index in [0.29, 0.717) is 5.95 Å². The molecule has 7 rings (SSSR count). The lowest BCUT2D eigenvalue weighted by Crippen LogP contribution is -2.48. The third-order valence-electron chi connectivity index (χ3n) is 9.27. The van der Waals surface area contributed by atoms with Gasteiger partial charge in [0.05, 0.1) is 24.3 Å². The van der Waals surface area contributed by atoms with Crippen LogP contribution in [0.1, 0.15) is 57.1 Å². The van der Waals surface area contributed by atoms with Crippen molar-refractivity contribution in [3.63, 3.8) is 0 Å². The molecule has 2 aromatic rings. The number of likely N-dealkylation sites (N-methyl/N-ethyl adjacent to an activating group) is 1. The van der Waals surface area contributed by atoms with Gasteiger partial charge >= 0.3 is 0 Å². The van der Waals surface area contributed by atoms with Crippen molar-refractivity contribution < 1.29 is 0 Å². The number of likely N-dealkylation sites (tertiary alicyclic amines) is 1. The summed E-state index contributed by atoms with van der Waals surface area (Å²) in [6, 6.07) is 2.30. The Hall–Kier alpha value is -3.07. The fraction of sp³-hybridized carbons (Fsp3) is 0.621. The molecule has 1 saturated carbocycles. The molecule has 1 spiro atoms. The predicted molar refractivity (Wildman–Crippen MR) is 152 cm³/mol. The summed E-state index contributed by atoms with van der Waals surface area (Å²) in [5, 5.41) is 8.14. The maximum atomic E-state index is 5.26. The van der Waals surface area contributed by atoms with Crippen LogP contribution < -0.4 is 10.6 Å². The molecule has 0 amide bonds. The first-order valence-corrected chi connectivity index (χ1v) is 14.7. The number of amidine groups is 1. The zero-order valence-corrected chi connectivity index (χ0v) is 22.8. The van der Waals surface area contributed by atoms with Crippen LogP contribution in [0.15, 0.2) is 40.9 Å². The summed E-state index contributed by atoms with van der Waals surface area (Å²) in [4.78, 5) is 22.5. The average Bonchev–Trinajstić information content (AvgIpc) is 3.35. The number of anilines is 1. The number of nitrogens with zero attached hydrogens (tertiary/aromatic N) is 7. The molecule has 38 heavy (non-hydrogen) atoms. The molecule has 0 unspecified atom stereocenters. The zero-order chi connectivity index (χ0) is 25.5. The molecule has 6 heterocycles. The van der Waals surface area contributed by atoms with E-state index in [1.165, 1.54) is 68.6 Å². The van der Waals surface area contributed by atoms with Gasteiger partial charge < -0.3 is 29.9 Å². The fourth-order valence-electron chi connectivity index (χ4n) is 7.03. The molecule has 202 valence electrons. The summed E-state index contributed by atoms with van der Waals surface area (Å²) in [6.07, 6.45) is 16.4. The molecule has 9 heteroatoms. The summed E-state index contributed by atoms with van der Waals surface area (Å²) in [6.45, 7) is 8.32. The lowest BCUT2D eigenvalue weighted by molar-refractivity contribution is 0.183. The number of piperazine rings is 1. The minimum Gasteiger partial charge on any atom is -0.371 e. The minimum absolute atomic E-state index is 0.0444. The number of aromatic nitrogens is 3.